The van der Waals surface area contributed by atoms with Gasteiger partial charge in [-0.25, -0.2) is 0 Å². The van der Waals surface area contributed by atoms with Gasteiger partial charge in [0.05, 0.1) is 0 Å². The zero-order valence-electron chi connectivity index (χ0n) is 24.6. The van der Waals surface area contributed by atoms with Crippen molar-refractivity contribution in [3.63, 3.8) is 0 Å². The van der Waals surface area contributed by atoms with Crippen molar-refractivity contribution in [2.75, 3.05) is 0 Å². The van der Waals surface area contributed by atoms with Crippen LogP contribution in [0.2, 0.25) is 0 Å². The van der Waals surface area contributed by atoms with Crippen molar-refractivity contribution >= 4 is 11.6 Å². The highest BCUT2D eigenvalue weighted by atomic mass is 16.1. The van der Waals surface area contributed by atoms with Gasteiger partial charge in [-0.05, 0) is 59.1 Å². The van der Waals surface area contributed by atoms with Crippen LogP contribution >= 0.6 is 0 Å². The van der Waals surface area contributed by atoms with Crippen LogP contribution in [0, 0.1) is 0 Å². The standard InChI is InChI=1S/C40H38O2/c1-3-5-17-36-35(27-28-38(37(36)18-6-4-2)40(42)33-15-11-8-12-16-33)31-23-19-29(20-24-31)30-21-25-34(26-22-30)39(41)32-13-9-7-10-14-32/h7-16,19-28H,3-6,17-18H2,1-2H3. The monoisotopic (exact) mass is 550 g/mol. The summed E-state index contributed by atoms with van der Waals surface area (Å²) in [5.41, 5.74) is 10.0. The Morgan fingerprint density at radius 1 is 0.452 bits per heavy atom. The average Bonchev–Trinajstić information content (AvgIpc) is 3.06. The molecule has 5 aromatic rings. The maximum atomic E-state index is 13.6. The van der Waals surface area contributed by atoms with E-state index in [-0.39, 0.29) is 11.6 Å². The van der Waals surface area contributed by atoms with E-state index in [1.807, 2.05) is 91.0 Å². The van der Waals surface area contributed by atoms with Crippen molar-refractivity contribution < 1.29 is 9.59 Å². The molecule has 42 heavy (non-hydrogen) atoms. The summed E-state index contributed by atoms with van der Waals surface area (Å²) >= 11 is 0. The van der Waals surface area contributed by atoms with Crippen molar-refractivity contribution in [1.29, 1.82) is 0 Å². The molecule has 0 unspecified atom stereocenters. The molecule has 0 aliphatic heterocycles. The minimum absolute atomic E-state index is 0.0326. The van der Waals surface area contributed by atoms with E-state index in [0.717, 1.165) is 66.3 Å². The summed E-state index contributed by atoms with van der Waals surface area (Å²) < 4.78 is 0. The Bertz CT molecular complexity index is 1630. The summed E-state index contributed by atoms with van der Waals surface area (Å²) in [5.74, 6) is 0.140. The van der Waals surface area contributed by atoms with E-state index in [1.165, 1.54) is 16.7 Å². The third-order valence-electron chi connectivity index (χ3n) is 7.98. The Hall–Kier alpha value is -4.56. The summed E-state index contributed by atoms with van der Waals surface area (Å²) in [7, 11) is 0. The summed E-state index contributed by atoms with van der Waals surface area (Å²) in [5, 5.41) is 0. The molecule has 0 bridgehead atoms. The lowest BCUT2D eigenvalue weighted by Gasteiger charge is -2.19. The van der Waals surface area contributed by atoms with E-state index in [4.69, 9.17) is 0 Å². The summed E-state index contributed by atoms with van der Waals surface area (Å²) in [4.78, 5) is 26.5. The molecule has 0 aliphatic rings. The minimum atomic E-state index is 0.0326. The van der Waals surface area contributed by atoms with Gasteiger partial charge in [0, 0.05) is 22.3 Å². The first-order valence-electron chi connectivity index (χ1n) is 15.2. The molecule has 0 heterocycles. The van der Waals surface area contributed by atoms with Crippen LogP contribution < -0.4 is 0 Å². The van der Waals surface area contributed by atoms with Crippen molar-refractivity contribution in [1.82, 2.24) is 0 Å². The molecule has 0 N–H and O–H groups in total. The van der Waals surface area contributed by atoms with Crippen LogP contribution in [-0.4, -0.2) is 11.6 Å². The average molecular weight is 551 g/mol. The number of carbonyl (C=O) groups is 2. The number of hydrogen-bond donors (Lipinski definition) is 0. The fourth-order valence-corrected chi connectivity index (χ4v) is 5.61. The van der Waals surface area contributed by atoms with E-state index in [1.54, 1.807) is 0 Å². The fourth-order valence-electron chi connectivity index (χ4n) is 5.61. The molecular weight excluding hydrogens is 512 g/mol. The van der Waals surface area contributed by atoms with E-state index in [9.17, 15) is 9.59 Å². The van der Waals surface area contributed by atoms with Crippen LogP contribution in [0.15, 0.2) is 121 Å². The second-order valence-corrected chi connectivity index (χ2v) is 10.9. The van der Waals surface area contributed by atoms with Gasteiger partial charge in [0.25, 0.3) is 0 Å². The van der Waals surface area contributed by atoms with Crippen LogP contribution in [0.4, 0.5) is 0 Å². The highest BCUT2D eigenvalue weighted by molar-refractivity contribution is 6.10. The first-order valence-corrected chi connectivity index (χ1v) is 15.2. The minimum Gasteiger partial charge on any atom is -0.289 e. The molecule has 0 radical (unpaired) electrons. The van der Waals surface area contributed by atoms with Crippen LogP contribution in [0.25, 0.3) is 22.3 Å². The van der Waals surface area contributed by atoms with E-state index in [0.29, 0.717) is 11.1 Å². The van der Waals surface area contributed by atoms with Gasteiger partial charge in [-0.15, -0.1) is 0 Å². The van der Waals surface area contributed by atoms with Crippen LogP contribution in [0.1, 0.15) is 82.5 Å². The third-order valence-corrected chi connectivity index (χ3v) is 7.98. The van der Waals surface area contributed by atoms with Gasteiger partial charge < -0.3 is 0 Å². The SMILES string of the molecule is CCCCc1c(C(=O)c2ccccc2)ccc(-c2ccc(-c3ccc(C(=O)c4ccccc4)cc3)cc2)c1CCCC. The Morgan fingerprint density at radius 3 is 1.45 bits per heavy atom. The molecular formula is C40H38O2. The lowest BCUT2D eigenvalue weighted by atomic mass is 9.84. The van der Waals surface area contributed by atoms with Gasteiger partial charge in [0.2, 0.25) is 0 Å². The second kappa shape index (κ2) is 13.9. The normalized spacial score (nSPS) is 10.9. The van der Waals surface area contributed by atoms with Crippen LogP contribution in [0.3, 0.4) is 0 Å². The molecule has 210 valence electrons. The molecule has 0 aliphatic carbocycles. The quantitative estimate of drug-likeness (QED) is 0.145. The fraction of sp³-hybridized carbons (Fsp3) is 0.200. The van der Waals surface area contributed by atoms with Gasteiger partial charge in [-0.2, -0.15) is 0 Å². The predicted octanol–water partition coefficient (Wildman–Crippen LogP) is 10.2. The van der Waals surface area contributed by atoms with E-state index >= 15 is 0 Å². The molecule has 0 saturated heterocycles. The number of ketones is 2. The molecule has 2 nitrogen and oxygen atoms in total. The van der Waals surface area contributed by atoms with Gasteiger partial charge in [0.1, 0.15) is 0 Å². The van der Waals surface area contributed by atoms with Crippen LogP contribution in [0.5, 0.6) is 0 Å². The molecule has 2 heteroatoms. The second-order valence-electron chi connectivity index (χ2n) is 10.9. The van der Waals surface area contributed by atoms with Crippen molar-refractivity contribution in [2.45, 2.75) is 52.4 Å². The third kappa shape index (κ3) is 6.50. The number of rotatable bonds is 12. The van der Waals surface area contributed by atoms with E-state index < -0.39 is 0 Å². The Labute approximate surface area is 250 Å². The summed E-state index contributed by atoms with van der Waals surface area (Å²) in [6.07, 6.45) is 6.19. The Kier molecular flexibility index (Phi) is 9.56. The topological polar surface area (TPSA) is 34.1 Å². The molecule has 0 amide bonds. The smallest absolute Gasteiger partial charge is 0.193 e. The largest absolute Gasteiger partial charge is 0.289 e. The van der Waals surface area contributed by atoms with Crippen molar-refractivity contribution in [2.24, 2.45) is 0 Å². The first kappa shape index (κ1) is 29.0. The highest BCUT2D eigenvalue weighted by Crippen LogP contribution is 2.34. The number of benzene rings is 5. The zero-order valence-corrected chi connectivity index (χ0v) is 24.6. The molecule has 5 rings (SSSR count). The first-order chi connectivity index (χ1) is 20.6. The molecule has 0 fully saturated rings. The van der Waals surface area contributed by atoms with Gasteiger partial charge in [0.15, 0.2) is 11.6 Å². The molecule has 5 aromatic carbocycles. The van der Waals surface area contributed by atoms with E-state index in [2.05, 4.69) is 44.2 Å². The van der Waals surface area contributed by atoms with Gasteiger partial charge in [-0.1, -0.05) is 148 Å². The van der Waals surface area contributed by atoms with Gasteiger partial charge in [-0.3, -0.25) is 9.59 Å². The summed E-state index contributed by atoms with van der Waals surface area (Å²) in [6, 6.07) is 39.7. The lowest BCUT2D eigenvalue weighted by Crippen LogP contribution is -2.10. The highest BCUT2D eigenvalue weighted by Gasteiger charge is 2.20. The lowest BCUT2D eigenvalue weighted by molar-refractivity contribution is 0.103. The molecule has 0 aromatic heterocycles. The summed E-state index contributed by atoms with van der Waals surface area (Å²) in [6.45, 7) is 4.43. The maximum Gasteiger partial charge on any atom is 0.193 e. The van der Waals surface area contributed by atoms with Crippen LogP contribution in [-0.2, 0) is 12.8 Å². The Morgan fingerprint density at radius 2 is 0.905 bits per heavy atom. The van der Waals surface area contributed by atoms with Crippen molar-refractivity contribution in [3.05, 3.63) is 155 Å². The number of unbranched alkanes of at least 4 members (excludes halogenated alkanes) is 2. The van der Waals surface area contributed by atoms with Crippen molar-refractivity contribution in [3.8, 4) is 22.3 Å². The molecule has 0 spiro atoms. The predicted molar refractivity (Wildman–Crippen MR) is 174 cm³/mol. The number of carbonyl (C=O) groups excluding carboxylic acids is 2. The zero-order chi connectivity index (χ0) is 29.3. The maximum absolute atomic E-state index is 13.6. The number of hydrogen-bond acceptors (Lipinski definition) is 2. The Balaban J connectivity index is 1.47. The molecule has 0 atom stereocenters. The van der Waals surface area contributed by atoms with Gasteiger partial charge >= 0.3 is 0 Å². The molecule has 0 saturated carbocycles.